The van der Waals surface area contributed by atoms with Gasteiger partial charge < -0.3 is 19.5 Å². The van der Waals surface area contributed by atoms with Crippen molar-refractivity contribution in [1.82, 2.24) is 5.32 Å². The summed E-state index contributed by atoms with van der Waals surface area (Å²) in [5, 5.41) is 3.65. The van der Waals surface area contributed by atoms with Crippen molar-refractivity contribution in [2.45, 2.75) is 12.8 Å². The largest absolute Gasteiger partial charge is 0.495 e. The lowest BCUT2D eigenvalue weighted by molar-refractivity contribution is -0.121. The van der Waals surface area contributed by atoms with Crippen LogP contribution in [0, 0.1) is 0 Å². The number of nitrogens with zero attached hydrogens (tertiary/aromatic N) is 1. The fraction of sp³-hybridized carbons (Fsp3) is 0.381. The average molecular weight is 505 g/mol. The maximum atomic E-state index is 12.4. The van der Waals surface area contributed by atoms with E-state index in [0.717, 1.165) is 6.26 Å². The van der Waals surface area contributed by atoms with E-state index >= 15 is 0 Å². The van der Waals surface area contributed by atoms with Gasteiger partial charge in [0.2, 0.25) is 15.9 Å². The third-order valence-corrected chi connectivity index (χ3v) is 6.12. The van der Waals surface area contributed by atoms with Crippen LogP contribution in [-0.2, 0) is 14.8 Å². The number of hydrogen-bond donors (Lipinski definition) is 1. The Morgan fingerprint density at radius 2 is 1.72 bits per heavy atom. The van der Waals surface area contributed by atoms with Crippen LogP contribution in [0.1, 0.15) is 12.8 Å². The first-order valence-electron chi connectivity index (χ1n) is 9.70. The molecule has 0 aromatic heterocycles. The molecule has 2 aromatic rings. The Balaban J connectivity index is 1.90. The van der Waals surface area contributed by atoms with Gasteiger partial charge in [0.25, 0.3) is 0 Å². The van der Waals surface area contributed by atoms with Crippen LogP contribution < -0.4 is 23.8 Å². The van der Waals surface area contributed by atoms with Crippen LogP contribution in [0.4, 0.5) is 5.69 Å². The van der Waals surface area contributed by atoms with Gasteiger partial charge in [0.1, 0.15) is 23.9 Å². The first-order valence-corrected chi connectivity index (χ1v) is 12.3. The van der Waals surface area contributed by atoms with Gasteiger partial charge in [-0.1, -0.05) is 23.2 Å². The molecule has 2 aromatic carbocycles. The van der Waals surface area contributed by atoms with Gasteiger partial charge in [0, 0.05) is 30.1 Å². The number of benzene rings is 2. The molecule has 0 aliphatic rings. The number of hydrogen-bond acceptors (Lipinski definition) is 6. The van der Waals surface area contributed by atoms with Crippen LogP contribution in [0.5, 0.6) is 17.2 Å². The molecule has 0 saturated carbocycles. The molecule has 0 spiro atoms. The number of nitrogens with one attached hydrogen (secondary N) is 1. The molecule has 0 radical (unpaired) electrons. The number of rotatable bonds is 12. The Morgan fingerprint density at radius 1 is 1.06 bits per heavy atom. The first-order chi connectivity index (χ1) is 15.2. The van der Waals surface area contributed by atoms with E-state index in [2.05, 4.69) is 5.32 Å². The third-order valence-electron chi connectivity index (χ3n) is 4.39. The van der Waals surface area contributed by atoms with Gasteiger partial charge in [-0.2, -0.15) is 0 Å². The molecule has 176 valence electrons. The molecule has 0 aliphatic carbocycles. The number of halogens is 2. The zero-order chi connectivity index (χ0) is 23.7. The molecular weight excluding hydrogens is 479 g/mol. The minimum atomic E-state index is -3.65. The van der Waals surface area contributed by atoms with E-state index < -0.39 is 10.0 Å². The van der Waals surface area contributed by atoms with Crippen LogP contribution in [0.2, 0.25) is 10.0 Å². The fourth-order valence-corrected chi connectivity index (χ4v) is 4.18. The Hall–Kier alpha value is -2.36. The molecule has 1 N–H and O–H groups in total. The SMILES string of the molecule is COc1cc(N(CCCC(=O)NCCOc2ccc(Cl)cc2)S(C)(=O)=O)c(OC)cc1Cl. The van der Waals surface area contributed by atoms with Crippen molar-refractivity contribution in [3.63, 3.8) is 0 Å². The van der Waals surface area contributed by atoms with Crippen molar-refractivity contribution in [2.75, 3.05) is 44.5 Å². The summed E-state index contributed by atoms with van der Waals surface area (Å²) in [4.78, 5) is 12.1. The summed E-state index contributed by atoms with van der Waals surface area (Å²) in [5.41, 5.74) is 0.285. The molecule has 0 fully saturated rings. The van der Waals surface area contributed by atoms with Crippen molar-refractivity contribution in [3.05, 3.63) is 46.4 Å². The van der Waals surface area contributed by atoms with E-state index in [1.165, 1.54) is 30.7 Å². The third kappa shape index (κ3) is 7.65. The molecule has 11 heteroatoms. The summed E-state index contributed by atoms with van der Waals surface area (Å²) in [5.74, 6) is 1.04. The van der Waals surface area contributed by atoms with Gasteiger partial charge in [-0.3, -0.25) is 9.10 Å². The van der Waals surface area contributed by atoms with Crippen molar-refractivity contribution in [1.29, 1.82) is 0 Å². The van der Waals surface area contributed by atoms with Crippen LogP contribution in [-0.4, -0.2) is 54.5 Å². The molecule has 1 amide bonds. The predicted molar refractivity (Wildman–Crippen MR) is 126 cm³/mol. The van der Waals surface area contributed by atoms with Crippen LogP contribution in [0.15, 0.2) is 36.4 Å². The smallest absolute Gasteiger partial charge is 0.232 e. The average Bonchev–Trinajstić information content (AvgIpc) is 2.74. The van der Waals surface area contributed by atoms with E-state index in [-0.39, 0.29) is 30.3 Å². The number of carbonyl (C=O) groups excluding carboxylic acids is 1. The number of ether oxygens (including phenoxy) is 3. The second-order valence-electron chi connectivity index (χ2n) is 6.75. The molecule has 2 rings (SSSR count). The molecule has 0 unspecified atom stereocenters. The normalized spacial score (nSPS) is 11.0. The number of methoxy groups -OCH3 is 2. The van der Waals surface area contributed by atoms with E-state index in [9.17, 15) is 13.2 Å². The second kappa shape index (κ2) is 12.0. The van der Waals surface area contributed by atoms with Gasteiger partial charge in [-0.15, -0.1) is 0 Å². The predicted octanol–water partition coefficient (Wildman–Crippen LogP) is 3.75. The second-order valence-corrected chi connectivity index (χ2v) is 9.50. The summed E-state index contributed by atoms with van der Waals surface area (Å²) in [6.45, 7) is 0.693. The van der Waals surface area contributed by atoms with E-state index in [1.807, 2.05) is 0 Å². The van der Waals surface area contributed by atoms with Gasteiger partial charge in [0.15, 0.2) is 0 Å². The van der Waals surface area contributed by atoms with Gasteiger partial charge in [-0.05, 0) is 30.7 Å². The maximum absolute atomic E-state index is 12.4. The molecule has 0 bridgehead atoms. The molecule has 0 saturated heterocycles. The molecule has 8 nitrogen and oxygen atoms in total. The van der Waals surface area contributed by atoms with Crippen molar-refractivity contribution >= 4 is 44.8 Å². The Morgan fingerprint density at radius 3 is 2.31 bits per heavy atom. The maximum Gasteiger partial charge on any atom is 0.232 e. The van der Waals surface area contributed by atoms with E-state index in [1.54, 1.807) is 24.3 Å². The van der Waals surface area contributed by atoms with Crippen molar-refractivity contribution in [3.8, 4) is 17.2 Å². The minimum Gasteiger partial charge on any atom is -0.495 e. The van der Waals surface area contributed by atoms with Crippen LogP contribution in [0.3, 0.4) is 0 Å². The number of sulfonamides is 1. The van der Waals surface area contributed by atoms with E-state index in [0.29, 0.717) is 41.1 Å². The van der Waals surface area contributed by atoms with Crippen LogP contribution in [0.25, 0.3) is 0 Å². The van der Waals surface area contributed by atoms with Gasteiger partial charge in [0.05, 0.1) is 37.7 Å². The highest BCUT2D eigenvalue weighted by molar-refractivity contribution is 7.92. The molecule has 0 aliphatic heterocycles. The zero-order valence-corrected chi connectivity index (χ0v) is 20.4. The highest BCUT2D eigenvalue weighted by Crippen LogP contribution is 2.39. The summed E-state index contributed by atoms with van der Waals surface area (Å²) in [7, 11) is -0.795. The van der Waals surface area contributed by atoms with Gasteiger partial charge in [-0.25, -0.2) is 8.42 Å². The Bertz CT molecular complexity index is 1020. The summed E-state index contributed by atoms with van der Waals surface area (Å²) < 4.78 is 42.0. The standard InChI is InChI=1S/C21H26Cl2N2O6S/c1-29-19-14-18(20(30-2)13-17(19)23)25(32(3,27)28)11-4-5-21(26)24-10-12-31-16-8-6-15(22)7-9-16/h6-9,13-14H,4-5,10-12H2,1-3H3,(H,24,26). The van der Waals surface area contributed by atoms with Gasteiger partial charge >= 0.3 is 0 Å². The monoisotopic (exact) mass is 504 g/mol. The first kappa shape index (κ1) is 25.9. The van der Waals surface area contributed by atoms with E-state index in [4.69, 9.17) is 37.4 Å². The highest BCUT2D eigenvalue weighted by Gasteiger charge is 2.23. The molecule has 32 heavy (non-hydrogen) atoms. The number of anilines is 1. The summed E-state index contributed by atoms with van der Waals surface area (Å²) in [6, 6.07) is 9.90. The molecule has 0 atom stereocenters. The van der Waals surface area contributed by atoms with Crippen molar-refractivity contribution < 1.29 is 27.4 Å². The quantitative estimate of drug-likeness (QED) is 0.442. The number of carbonyl (C=O) groups is 1. The minimum absolute atomic E-state index is 0.0781. The van der Waals surface area contributed by atoms with Crippen molar-refractivity contribution in [2.24, 2.45) is 0 Å². The molecular formula is C21H26Cl2N2O6S. The highest BCUT2D eigenvalue weighted by atomic mass is 35.5. The zero-order valence-electron chi connectivity index (χ0n) is 18.1. The lowest BCUT2D eigenvalue weighted by Gasteiger charge is -2.25. The number of amides is 1. The Kier molecular flexibility index (Phi) is 9.74. The Labute approximate surface area is 198 Å². The fourth-order valence-electron chi connectivity index (χ4n) is 2.87. The topological polar surface area (TPSA) is 94.2 Å². The summed E-state index contributed by atoms with van der Waals surface area (Å²) in [6.07, 6.45) is 1.52. The lowest BCUT2D eigenvalue weighted by Crippen LogP contribution is -2.33. The summed E-state index contributed by atoms with van der Waals surface area (Å²) >= 11 is 11.9. The van der Waals surface area contributed by atoms with Crippen LogP contribution >= 0.6 is 23.2 Å². The molecule has 0 heterocycles. The lowest BCUT2D eigenvalue weighted by atomic mass is 10.2.